The van der Waals surface area contributed by atoms with Gasteiger partial charge in [0.1, 0.15) is 6.04 Å². The van der Waals surface area contributed by atoms with E-state index < -0.39 is 56.8 Å². The van der Waals surface area contributed by atoms with Gasteiger partial charge in [-0.1, -0.05) is 56.5 Å². The van der Waals surface area contributed by atoms with Gasteiger partial charge in [-0.3, -0.25) is 19.2 Å². The summed E-state index contributed by atoms with van der Waals surface area (Å²) in [5.41, 5.74) is 17.4. The second-order valence-electron chi connectivity index (χ2n) is 12.7. The second kappa shape index (κ2) is 13.8. The largest absolute Gasteiger partial charge is 0.381 e. The zero-order valence-electron chi connectivity index (χ0n) is 25.6. The molecule has 0 spiro atoms. The van der Waals surface area contributed by atoms with Gasteiger partial charge in [-0.15, -0.1) is 0 Å². The topological polar surface area (TPSA) is 230 Å². The van der Waals surface area contributed by atoms with Gasteiger partial charge in [0.15, 0.2) is 15.9 Å². The van der Waals surface area contributed by atoms with Crippen LogP contribution in [0.3, 0.4) is 0 Å². The maximum Gasteiger partial charge on any atom is 0.255 e. The molecule has 0 radical (unpaired) electrons. The summed E-state index contributed by atoms with van der Waals surface area (Å²) in [4.78, 5) is 60.5. The minimum atomic E-state index is -3.61. The molecule has 2 saturated carbocycles. The highest BCUT2D eigenvalue weighted by Crippen LogP contribution is 2.47. The molecular weight excluding hydrogens is 602 g/mol. The van der Waals surface area contributed by atoms with Crippen molar-refractivity contribution in [3.63, 3.8) is 0 Å². The van der Waals surface area contributed by atoms with E-state index in [2.05, 4.69) is 10.0 Å². The first-order chi connectivity index (χ1) is 21.3. The van der Waals surface area contributed by atoms with Crippen molar-refractivity contribution in [2.24, 2.45) is 22.5 Å². The Kier molecular flexibility index (Phi) is 10.5. The summed E-state index contributed by atoms with van der Waals surface area (Å²) in [7, 11) is -3.61. The van der Waals surface area contributed by atoms with Gasteiger partial charge in [-0.2, -0.15) is 0 Å². The molecule has 15 heteroatoms. The van der Waals surface area contributed by atoms with Crippen LogP contribution in [-0.4, -0.2) is 83.1 Å². The van der Waals surface area contributed by atoms with Crippen molar-refractivity contribution in [1.29, 1.82) is 0 Å². The molecule has 1 aromatic carbocycles. The van der Waals surface area contributed by atoms with E-state index in [0.717, 1.165) is 36.8 Å². The number of rotatable bonds is 11. The number of benzene rings is 1. The van der Waals surface area contributed by atoms with Gasteiger partial charge in [-0.05, 0) is 67.8 Å². The minimum Gasteiger partial charge on any atom is -0.381 e. The molecule has 1 aromatic rings. The van der Waals surface area contributed by atoms with Crippen LogP contribution in [0.1, 0.15) is 93.8 Å². The molecule has 0 aromatic heterocycles. The van der Waals surface area contributed by atoms with Crippen LogP contribution in [-0.2, 0) is 24.2 Å². The van der Waals surface area contributed by atoms with Crippen molar-refractivity contribution < 1.29 is 32.7 Å². The van der Waals surface area contributed by atoms with Gasteiger partial charge in [0, 0.05) is 23.3 Å². The summed E-state index contributed by atoms with van der Waals surface area (Å²) >= 11 is 0. The van der Waals surface area contributed by atoms with Crippen LogP contribution in [0, 0.1) is 5.92 Å². The Morgan fingerprint density at radius 2 is 1.64 bits per heavy atom. The average Bonchev–Trinajstić information content (AvgIpc) is 3.51. The van der Waals surface area contributed by atoms with Crippen LogP contribution in [0.2, 0.25) is 0 Å². The lowest BCUT2D eigenvalue weighted by Crippen LogP contribution is -2.73. The summed E-state index contributed by atoms with van der Waals surface area (Å²) in [6, 6.07) is 4.06. The predicted octanol–water partition coefficient (Wildman–Crippen LogP) is 2.53. The van der Waals surface area contributed by atoms with Gasteiger partial charge in [0.25, 0.3) is 11.8 Å². The molecule has 4 amide bonds. The number of primary amides is 2. The fourth-order valence-electron chi connectivity index (χ4n) is 7.57. The van der Waals surface area contributed by atoms with E-state index in [1.165, 1.54) is 29.2 Å². The zero-order chi connectivity index (χ0) is 33.0. The van der Waals surface area contributed by atoms with E-state index in [0.29, 0.717) is 32.1 Å². The summed E-state index contributed by atoms with van der Waals surface area (Å²) in [6.45, 7) is 0.121. The molecule has 0 bridgehead atoms. The van der Waals surface area contributed by atoms with Gasteiger partial charge in [0.05, 0.1) is 10.4 Å². The highest BCUT2D eigenvalue weighted by atomic mass is 32.2. The Morgan fingerprint density at radius 3 is 2.18 bits per heavy atom. The molecule has 1 aliphatic heterocycles. The third kappa shape index (κ3) is 6.80. The Hall–Kier alpha value is -3.68. The number of hydrogen-bond donors (Lipinski definition) is 3. The van der Waals surface area contributed by atoms with E-state index >= 15 is 0 Å². The van der Waals surface area contributed by atoms with Crippen LogP contribution >= 0.6 is 0 Å². The van der Waals surface area contributed by atoms with Crippen LogP contribution in [0.4, 0.5) is 0 Å². The van der Waals surface area contributed by atoms with E-state index in [9.17, 15) is 38.2 Å². The average molecular weight is 646 g/mol. The molecule has 14 nitrogen and oxygen atoms in total. The molecule has 4 rings (SSSR count). The molecule has 3 aliphatic rings. The van der Waals surface area contributed by atoms with E-state index in [1.807, 2.05) is 0 Å². The lowest BCUT2D eigenvalue weighted by Gasteiger charge is -2.55. The molecule has 5 N–H and O–H groups in total. The monoisotopic (exact) mass is 645 g/mol. The molecule has 3 fully saturated rings. The number of likely N-dealkylation sites (tertiary alicyclic amines) is 1. The summed E-state index contributed by atoms with van der Waals surface area (Å²) < 4.78 is 24.4. The van der Waals surface area contributed by atoms with Gasteiger partial charge in [-0.25, -0.2) is 8.42 Å². The number of sulfone groups is 1. The Balaban J connectivity index is 2.03. The lowest BCUT2D eigenvalue weighted by molar-refractivity contribution is -0.161. The van der Waals surface area contributed by atoms with Crippen LogP contribution in [0.15, 0.2) is 34.3 Å². The zero-order valence-corrected chi connectivity index (χ0v) is 26.5. The first-order valence-corrected chi connectivity index (χ1v) is 17.5. The number of nitrogens with zero attached hydrogens (tertiary/aromatic N) is 5. The van der Waals surface area contributed by atoms with Crippen LogP contribution in [0.5, 0.6) is 0 Å². The Bertz CT molecular complexity index is 1450. The maximum absolute atomic E-state index is 15.0. The van der Waals surface area contributed by atoms with Gasteiger partial charge in [0.2, 0.25) is 17.5 Å². The summed E-state index contributed by atoms with van der Waals surface area (Å²) in [5.74, 6) is -3.68. The third-order valence-electron chi connectivity index (χ3n) is 9.74. The van der Waals surface area contributed by atoms with Crippen molar-refractivity contribution in [2.45, 2.75) is 112 Å². The molecule has 2 unspecified atom stereocenters. The number of hydrogen-bond acceptors (Lipinski definition) is 8. The number of nitrogens with two attached hydrogens (primary N) is 2. The SMILES string of the molecule is CS(=O)(=O)c1ccc(C(=O)N(C2(C(O)C(N)=O)CCCCC2)[C@](CC2CCCCC2)(N=[N+]=[N-])C(=O)N2CCCC2C(N)=O)cc1. The predicted molar refractivity (Wildman–Crippen MR) is 164 cm³/mol. The highest BCUT2D eigenvalue weighted by Gasteiger charge is 2.61. The molecule has 45 heavy (non-hydrogen) atoms. The number of amides is 4. The van der Waals surface area contributed by atoms with E-state index in [4.69, 9.17) is 11.5 Å². The van der Waals surface area contributed by atoms with Crippen molar-refractivity contribution in [1.82, 2.24) is 9.80 Å². The summed E-state index contributed by atoms with van der Waals surface area (Å²) in [5, 5.41) is 15.7. The van der Waals surface area contributed by atoms with Crippen LogP contribution < -0.4 is 11.5 Å². The minimum absolute atomic E-state index is 0.0453. The smallest absolute Gasteiger partial charge is 0.255 e. The quantitative estimate of drug-likeness (QED) is 0.185. The number of azide groups is 1. The van der Waals surface area contributed by atoms with Crippen molar-refractivity contribution in [3.8, 4) is 0 Å². The number of aliphatic hydroxyl groups is 1. The van der Waals surface area contributed by atoms with Gasteiger partial charge >= 0.3 is 0 Å². The molecule has 1 saturated heterocycles. The molecule has 2 aliphatic carbocycles. The fraction of sp³-hybridized carbons (Fsp3) is 0.667. The van der Waals surface area contributed by atoms with Gasteiger partial charge < -0.3 is 26.4 Å². The Morgan fingerprint density at radius 1 is 1.04 bits per heavy atom. The van der Waals surface area contributed by atoms with E-state index in [-0.39, 0.29) is 48.6 Å². The first kappa shape index (κ1) is 34.2. The standard InChI is InChI=1S/C30H43N7O7S/c1-45(43,44)22-14-12-21(13-15-22)27(41)37(29(24(38)26(32)40)16-6-3-7-17-29)30(34-35-33,19-20-9-4-2-5-10-20)28(42)36-18-8-11-23(36)25(31)39/h12-15,20,23-24,38H,2-11,16-19H2,1H3,(H2,31,39)(H2,32,40)/t23?,24?,30-/m0/s1. The number of carbonyl (C=O) groups is 4. The maximum atomic E-state index is 15.0. The van der Waals surface area contributed by atoms with Crippen molar-refractivity contribution >= 4 is 33.5 Å². The number of aliphatic hydroxyl groups excluding tert-OH is 1. The number of carbonyl (C=O) groups excluding carboxylic acids is 4. The molecule has 1 heterocycles. The van der Waals surface area contributed by atoms with E-state index in [1.54, 1.807) is 0 Å². The lowest BCUT2D eigenvalue weighted by atomic mass is 9.72. The van der Waals surface area contributed by atoms with Crippen molar-refractivity contribution in [2.75, 3.05) is 12.8 Å². The third-order valence-corrected chi connectivity index (χ3v) is 10.9. The first-order valence-electron chi connectivity index (χ1n) is 15.6. The molecule has 3 atom stereocenters. The normalized spacial score (nSPS) is 22.4. The molecule has 246 valence electrons. The van der Waals surface area contributed by atoms with Crippen LogP contribution in [0.25, 0.3) is 10.4 Å². The fourth-order valence-corrected chi connectivity index (χ4v) is 8.20. The second-order valence-corrected chi connectivity index (χ2v) is 14.7. The summed E-state index contributed by atoms with van der Waals surface area (Å²) in [6.07, 6.45) is 5.59. The Labute approximate surface area is 263 Å². The highest BCUT2D eigenvalue weighted by molar-refractivity contribution is 7.90. The molecular formula is C30H43N7O7S. The van der Waals surface area contributed by atoms with Crippen molar-refractivity contribution in [3.05, 3.63) is 40.3 Å².